The number of rotatable bonds is 19. The molecule has 0 radical (unpaired) electrons. The molecule has 2 aromatic rings. The van der Waals surface area contributed by atoms with Crippen molar-refractivity contribution in [1.29, 1.82) is 0 Å². The summed E-state index contributed by atoms with van der Waals surface area (Å²) in [6, 6.07) is 7.00. The number of carbonyl (C=O) groups excluding carboxylic acids is 2. The van der Waals surface area contributed by atoms with Gasteiger partial charge < -0.3 is 15.5 Å². The Balaban J connectivity index is 1.44. The summed E-state index contributed by atoms with van der Waals surface area (Å²) in [5.41, 5.74) is 7.94. The van der Waals surface area contributed by atoms with Gasteiger partial charge in [0.15, 0.2) is 0 Å². The number of aromatic amines is 1. The third kappa shape index (κ3) is 12.2. The van der Waals surface area contributed by atoms with Crippen LogP contribution in [0.5, 0.6) is 0 Å². The van der Waals surface area contributed by atoms with Crippen molar-refractivity contribution in [3.05, 3.63) is 48.2 Å². The van der Waals surface area contributed by atoms with Crippen LogP contribution in [-0.4, -0.2) is 23.0 Å². The average Bonchev–Trinajstić information content (AvgIpc) is 3.26. The molecule has 1 heterocycles. The lowest BCUT2D eigenvalue weighted by Gasteiger charge is -2.10. The molecule has 2 rings (SSSR count). The van der Waals surface area contributed by atoms with Gasteiger partial charge in [-0.15, -0.1) is 0 Å². The smallest absolute Gasteiger partial charge is 0.330 e. The lowest BCUT2D eigenvalue weighted by Crippen LogP contribution is -2.35. The van der Waals surface area contributed by atoms with E-state index < -0.39 is 18.0 Å². The zero-order valence-corrected chi connectivity index (χ0v) is 21.7. The number of aromatic nitrogens is 1. The lowest BCUT2D eigenvalue weighted by molar-refractivity contribution is -0.160. The number of benzene rings is 1. The molecule has 5 heteroatoms. The summed E-state index contributed by atoms with van der Waals surface area (Å²) < 4.78 is 4.98. The normalized spacial score (nSPS) is 12.4. The van der Waals surface area contributed by atoms with Gasteiger partial charge >= 0.3 is 11.9 Å². The molecule has 1 aromatic carbocycles. The molecule has 1 unspecified atom stereocenters. The molecule has 1 aromatic heterocycles. The second-order valence-corrected chi connectivity index (χ2v) is 9.65. The summed E-state index contributed by atoms with van der Waals surface area (Å²) in [7, 11) is 0. The van der Waals surface area contributed by atoms with Crippen LogP contribution in [0.2, 0.25) is 0 Å². The van der Waals surface area contributed by atoms with E-state index in [1.807, 2.05) is 30.5 Å². The second kappa shape index (κ2) is 18.0. The lowest BCUT2D eigenvalue weighted by atomic mass is 10.1. The standard InChI is InChI=1S/C30H46N2O3/c1-2-3-4-5-6-7-8-9-10-11-12-13-14-15-16-17-22-29(33)35-30(34)27(31)23-25-24-32-28-21-19-18-20-26(25)28/h10-11,18-21,24,27,32H,2-9,12-17,22-23,31H2,1H3/b11-10-. The molecule has 5 nitrogen and oxygen atoms in total. The number of ether oxygens (including phenoxy) is 1. The molecular formula is C30H46N2O3. The van der Waals surface area contributed by atoms with E-state index in [1.54, 1.807) is 0 Å². The molecule has 1 atom stereocenters. The summed E-state index contributed by atoms with van der Waals surface area (Å²) in [5, 5.41) is 1.03. The van der Waals surface area contributed by atoms with Crippen molar-refractivity contribution in [3.63, 3.8) is 0 Å². The summed E-state index contributed by atoms with van der Waals surface area (Å²) >= 11 is 0. The largest absolute Gasteiger partial charge is 0.392 e. The number of hydrogen-bond acceptors (Lipinski definition) is 4. The summed E-state index contributed by atoms with van der Waals surface area (Å²) in [6.45, 7) is 2.26. The molecule has 35 heavy (non-hydrogen) atoms. The second-order valence-electron chi connectivity index (χ2n) is 9.65. The van der Waals surface area contributed by atoms with Crippen LogP contribution in [0, 0.1) is 0 Å². The fourth-order valence-electron chi connectivity index (χ4n) is 4.38. The van der Waals surface area contributed by atoms with Crippen molar-refractivity contribution in [2.45, 2.75) is 116 Å². The quantitative estimate of drug-likeness (QED) is 0.0937. The van der Waals surface area contributed by atoms with E-state index in [-0.39, 0.29) is 6.42 Å². The van der Waals surface area contributed by atoms with Gasteiger partial charge in [-0.1, -0.05) is 95.1 Å². The van der Waals surface area contributed by atoms with Gasteiger partial charge in [-0.05, 0) is 43.7 Å². The fraction of sp³-hybridized carbons (Fsp3) is 0.600. The monoisotopic (exact) mass is 482 g/mol. The summed E-state index contributed by atoms with van der Waals surface area (Å²) in [4.78, 5) is 27.4. The Morgan fingerprint density at radius 1 is 0.886 bits per heavy atom. The third-order valence-electron chi connectivity index (χ3n) is 6.52. The van der Waals surface area contributed by atoms with Crippen LogP contribution in [-0.2, 0) is 20.7 Å². The topological polar surface area (TPSA) is 85.2 Å². The Bertz CT molecular complexity index is 887. The average molecular weight is 483 g/mol. The number of nitrogens with two attached hydrogens (primary N) is 1. The van der Waals surface area contributed by atoms with E-state index in [2.05, 4.69) is 24.1 Å². The molecule has 0 amide bonds. The van der Waals surface area contributed by atoms with Gasteiger partial charge in [-0.3, -0.25) is 4.79 Å². The van der Waals surface area contributed by atoms with Crippen molar-refractivity contribution >= 4 is 22.8 Å². The number of unbranched alkanes of at least 4 members (excludes halogenated alkanes) is 12. The van der Waals surface area contributed by atoms with Gasteiger partial charge in [-0.25, -0.2) is 4.79 Å². The van der Waals surface area contributed by atoms with Crippen molar-refractivity contribution in [1.82, 2.24) is 4.98 Å². The Labute approximate surface area is 211 Å². The number of fused-ring (bicyclic) bond motifs is 1. The van der Waals surface area contributed by atoms with Crippen LogP contribution in [0.15, 0.2) is 42.6 Å². The number of para-hydroxylation sites is 1. The highest BCUT2D eigenvalue weighted by atomic mass is 16.6. The highest BCUT2D eigenvalue weighted by Gasteiger charge is 2.20. The van der Waals surface area contributed by atoms with E-state index in [0.717, 1.165) is 42.1 Å². The van der Waals surface area contributed by atoms with Crippen molar-refractivity contribution in [2.24, 2.45) is 5.73 Å². The minimum Gasteiger partial charge on any atom is -0.392 e. The van der Waals surface area contributed by atoms with Crippen LogP contribution in [0.25, 0.3) is 10.9 Å². The zero-order valence-electron chi connectivity index (χ0n) is 21.7. The first-order valence-corrected chi connectivity index (χ1v) is 13.8. The van der Waals surface area contributed by atoms with E-state index in [0.29, 0.717) is 6.42 Å². The van der Waals surface area contributed by atoms with Gasteiger partial charge in [0, 0.05) is 29.9 Å². The molecule has 0 bridgehead atoms. The van der Waals surface area contributed by atoms with E-state index in [9.17, 15) is 9.59 Å². The number of hydrogen-bond donors (Lipinski definition) is 2. The summed E-state index contributed by atoms with van der Waals surface area (Å²) in [6.07, 6.45) is 24.2. The maximum atomic E-state index is 12.2. The van der Waals surface area contributed by atoms with Crippen LogP contribution >= 0.6 is 0 Å². The maximum absolute atomic E-state index is 12.2. The molecule has 0 aliphatic carbocycles. The first kappa shape index (κ1) is 28.8. The Kier molecular flexibility index (Phi) is 14.8. The van der Waals surface area contributed by atoms with Gasteiger partial charge in [0.1, 0.15) is 6.04 Å². The predicted molar refractivity (Wildman–Crippen MR) is 145 cm³/mol. The first-order chi connectivity index (χ1) is 17.1. The van der Waals surface area contributed by atoms with Gasteiger partial charge in [0.2, 0.25) is 0 Å². The zero-order chi connectivity index (χ0) is 25.1. The predicted octanol–water partition coefficient (Wildman–Crippen LogP) is 7.54. The SMILES string of the molecule is CCCCCCCCC/C=C\CCCCCCCC(=O)OC(=O)C(N)Cc1c[nH]c2ccccc12. The molecule has 0 aliphatic rings. The number of allylic oxidation sites excluding steroid dienone is 2. The fourth-order valence-corrected chi connectivity index (χ4v) is 4.38. The highest BCUT2D eigenvalue weighted by Crippen LogP contribution is 2.19. The maximum Gasteiger partial charge on any atom is 0.330 e. The number of nitrogens with one attached hydrogen (secondary N) is 1. The number of carbonyl (C=O) groups is 2. The van der Waals surface area contributed by atoms with E-state index in [1.165, 1.54) is 64.2 Å². The molecule has 0 saturated carbocycles. The van der Waals surface area contributed by atoms with Crippen LogP contribution in [0.3, 0.4) is 0 Å². The first-order valence-electron chi connectivity index (χ1n) is 13.8. The molecule has 0 aliphatic heterocycles. The number of esters is 2. The van der Waals surface area contributed by atoms with Gasteiger partial charge in [-0.2, -0.15) is 0 Å². The minimum absolute atomic E-state index is 0.268. The van der Waals surface area contributed by atoms with Gasteiger partial charge in [0.25, 0.3) is 0 Å². The molecule has 0 saturated heterocycles. The van der Waals surface area contributed by atoms with Crippen molar-refractivity contribution in [2.75, 3.05) is 0 Å². The third-order valence-corrected chi connectivity index (χ3v) is 6.52. The Hall–Kier alpha value is -2.40. The van der Waals surface area contributed by atoms with Crippen molar-refractivity contribution in [3.8, 4) is 0 Å². The Morgan fingerprint density at radius 2 is 1.49 bits per heavy atom. The van der Waals surface area contributed by atoms with E-state index >= 15 is 0 Å². The van der Waals surface area contributed by atoms with Crippen molar-refractivity contribution < 1.29 is 14.3 Å². The van der Waals surface area contributed by atoms with Crippen LogP contribution in [0.1, 0.15) is 109 Å². The molecule has 194 valence electrons. The molecule has 0 spiro atoms. The van der Waals surface area contributed by atoms with E-state index in [4.69, 9.17) is 10.5 Å². The van der Waals surface area contributed by atoms with Crippen LogP contribution < -0.4 is 5.73 Å². The highest BCUT2D eigenvalue weighted by molar-refractivity contribution is 5.89. The minimum atomic E-state index is -0.850. The van der Waals surface area contributed by atoms with Gasteiger partial charge in [0.05, 0.1) is 0 Å². The Morgan fingerprint density at radius 3 is 2.17 bits per heavy atom. The molecule has 3 N–H and O–H groups in total. The molecular weight excluding hydrogens is 436 g/mol. The summed E-state index contributed by atoms with van der Waals surface area (Å²) in [5.74, 6) is -1.12. The number of H-pyrrole nitrogens is 1. The van der Waals surface area contributed by atoms with Crippen LogP contribution in [0.4, 0.5) is 0 Å². The molecule has 0 fully saturated rings.